The van der Waals surface area contributed by atoms with Crippen LogP contribution in [-0.4, -0.2) is 42.5 Å². The van der Waals surface area contributed by atoms with Gasteiger partial charge < -0.3 is 10.2 Å². The lowest BCUT2D eigenvalue weighted by Crippen LogP contribution is -2.28. The summed E-state index contributed by atoms with van der Waals surface area (Å²) in [5, 5.41) is 2.86. The van der Waals surface area contributed by atoms with Gasteiger partial charge in [-0.1, -0.05) is 12.1 Å². The predicted molar refractivity (Wildman–Crippen MR) is 98.5 cm³/mol. The molecule has 2 aromatic rings. The zero-order chi connectivity index (χ0) is 17.9. The van der Waals surface area contributed by atoms with Crippen molar-refractivity contribution in [3.05, 3.63) is 71.8 Å². The number of hydrogen-bond acceptors (Lipinski definition) is 3. The first kappa shape index (κ1) is 18.8. The summed E-state index contributed by atoms with van der Waals surface area (Å²) in [5.41, 5.74) is 2.08. The Morgan fingerprint density at radius 1 is 1.16 bits per heavy atom. The molecule has 0 atom stereocenters. The molecule has 0 aliphatic heterocycles. The highest BCUT2D eigenvalue weighted by molar-refractivity contribution is 5.91. The van der Waals surface area contributed by atoms with Crippen molar-refractivity contribution in [2.75, 3.05) is 26.7 Å². The third kappa shape index (κ3) is 7.72. The van der Waals surface area contributed by atoms with Crippen LogP contribution in [-0.2, 0) is 11.2 Å². The first-order valence-corrected chi connectivity index (χ1v) is 8.42. The van der Waals surface area contributed by atoms with Crippen molar-refractivity contribution in [1.29, 1.82) is 0 Å². The maximum Gasteiger partial charge on any atom is 0.243 e. The van der Waals surface area contributed by atoms with Crippen molar-refractivity contribution in [3.8, 4) is 0 Å². The zero-order valence-corrected chi connectivity index (χ0v) is 14.5. The Morgan fingerprint density at radius 3 is 2.60 bits per heavy atom. The Balaban J connectivity index is 1.58. The molecule has 0 aliphatic rings. The molecule has 1 aromatic heterocycles. The maximum atomic E-state index is 12.8. The Morgan fingerprint density at radius 2 is 1.88 bits per heavy atom. The highest BCUT2D eigenvalue weighted by Crippen LogP contribution is 2.04. The number of aromatic nitrogens is 1. The van der Waals surface area contributed by atoms with Gasteiger partial charge >= 0.3 is 0 Å². The third-order valence-electron chi connectivity index (χ3n) is 3.84. The van der Waals surface area contributed by atoms with Crippen LogP contribution < -0.4 is 5.32 Å². The highest BCUT2D eigenvalue weighted by Gasteiger charge is 2.00. The van der Waals surface area contributed by atoms with Crippen LogP contribution in [0.1, 0.15) is 17.5 Å². The molecule has 0 unspecified atom stereocenters. The summed E-state index contributed by atoms with van der Waals surface area (Å²) in [6.07, 6.45) is 8.65. The van der Waals surface area contributed by atoms with Gasteiger partial charge in [-0.2, -0.15) is 0 Å². The minimum Gasteiger partial charge on any atom is -0.353 e. The third-order valence-corrected chi connectivity index (χ3v) is 3.84. The highest BCUT2D eigenvalue weighted by atomic mass is 19.1. The summed E-state index contributed by atoms with van der Waals surface area (Å²) in [6, 6.07) is 10.1. The van der Waals surface area contributed by atoms with E-state index in [0.29, 0.717) is 6.54 Å². The summed E-state index contributed by atoms with van der Waals surface area (Å²) < 4.78 is 12.8. The van der Waals surface area contributed by atoms with E-state index in [9.17, 15) is 9.18 Å². The van der Waals surface area contributed by atoms with Gasteiger partial charge in [-0.05, 0) is 67.9 Å². The fourth-order valence-electron chi connectivity index (χ4n) is 2.35. The van der Waals surface area contributed by atoms with E-state index < -0.39 is 0 Å². The average molecular weight is 341 g/mol. The molecule has 25 heavy (non-hydrogen) atoms. The van der Waals surface area contributed by atoms with Crippen molar-refractivity contribution in [3.63, 3.8) is 0 Å². The van der Waals surface area contributed by atoms with Crippen molar-refractivity contribution >= 4 is 12.0 Å². The van der Waals surface area contributed by atoms with Gasteiger partial charge in [0.15, 0.2) is 0 Å². The molecule has 1 N–H and O–H groups in total. The van der Waals surface area contributed by atoms with Gasteiger partial charge in [-0.25, -0.2) is 4.39 Å². The van der Waals surface area contributed by atoms with Crippen LogP contribution in [0, 0.1) is 5.82 Å². The molecule has 1 aromatic carbocycles. The van der Waals surface area contributed by atoms with Gasteiger partial charge in [0.2, 0.25) is 5.91 Å². The molecule has 0 radical (unpaired) electrons. The monoisotopic (exact) mass is 341 g/mol. The van der Waals surface area contributed by atoms with E-state index in [1.807, 2.05) is 24.5 Å². The Labute approximate surface area is 148 Å². The van der Waals surface area contributed by atoms with Gasteiger partial charge in [0.1, 0.15) is 5.82 Å². The number of carbonyl (C=O) groups is 1. The summed E-state index contributed by atoms with van der Waals surface area (Å²) in [4.78, 5) is 18.0. The number of benzene rings is 1. The molecular formula is C20H24FN3O. The molecule has 1 heterocycles. The normalized spacial score (nSPS) is 11.2. The average Bonchev–Trinajstić information content (AvgIpc) is 2.64. The number of halogens is 1. The Bertz CT molecular complexity index is 671. The van der Waals surface area contributed by atoms with Crippen molar-refractivity contribution < 1.29 is 9.18 Å². The van der Waals surface area contributed by atoms with E-state index >= 15 is 0 Å². The molecule has 0 spiro atoms. The molecule has 0 fully saturated rings. The van der Waals surface area contributed by atoms with E-state index in [1.165, 1.54) is 23.8 Å². The number of nitrogens with zero attached hydrogens (tertiary/aromatic N) is 2. The first-order valence-electron chi connectivity index (χ1n) is 8.42. The molecular weight excluding hydrogens is 317 g/mol. The standard InChI is InChI=1S/C20H24FN3O/c1-24(16-11-18-9-13-22-14-10-18)15-2-12-23-20(25)8-5-17-3-6-19(21)7-4-17/h3-10,13-14H,2,11-12,15-16H2,1H3,(H,23,25)/b8-5+. The Hall–Kier alpha value is -2.53. The maximum absolute atomic E-state index is 12.8. The SMILES string of the molecule is CN(CCCNC(=O)/C=C/c1ccc(F)cc1)CCc1ccncc1. The van der Waals surface area contributed by atoms with Crippen molar-refractivity contribution in [1.82, 2.24) is 15.2 Å². The number of likely N-dealkylation sites (N-methyl/N-ethyl adjacent to an activating group) is 1. The first-order chi connectivity index (χ1) is 12.1. The minimum atomic E-state index is -0.283. The van der Waals surface area contributed by atoms with Crippen molar-refractivity contribution in [2.24, 2.45) is 0 Å². The van der Waals surface area contributed by atoms with Crippen LogP contribution in [0.15, 0.2) is 54.9 Å². The van der Waals surface area contributed by atoms with E-state index in [-0.39, 0.29) is 11.7 Å². The summed E-state index contributed by atoms with van der Waals surface area (Å²) in [6.45, 7) is 2.53. The van der Waals surface area contributed by atoms with Crippen LogP contribution in [0.25, 0.3) is 6.08 Å². The summed E-state index contributed by atoms with van der Waals surface area (Å²) in [7, 11) is 2.08. The lowest BCUT2D eigenvalue weighted by atomic mass is 10.2. The van der Waals surface area contributed by atoms with Crippen molar-refractivity contribution in [2.45, 2.75) is 12.8 Å². The number of rotatable bonds is 9. The molecule has 0 saturated heterocycles. The lowest BCUT2D eigenvalue weighted by molar-refractivity contribution is -0.116. The number of pyridine rings is 1. The minimum absolute atomic E-state index is 0.135. The molecule has 5 heteroatoms. The lowest BCUT2D eigenvalue weighted by Gasteiger charge is -2.16. The van der Waals surface area contributed by atoms with Crippen LogP contribution in [0.4, 0.5) is 4.39 Å². The number of carbonyl (C=O) groups excluding carboxylic acids is 1. The van der Waals surface area contributed by atoms with E-state index in [2.05, 4.69) is 22.2 Å². The molecule has 132 valence electrons. The smallest absolute Gasteiger partial charge is 0.243 e. The van der Waals surface area contributed by atoms with Gasteiger partial charge in [0.25, 0.3) is 0 Å². The predicted octanol–water partition coefficient (Wildman–Crippen LogP) is 2.91. The van der Waals surface area contributed by atoms with Gasteiger partial charge in [0, 0.05) is 31.6 Å². The second-order valence-corrected chi connectivity index (χ2v) is 5.94. The second-order valence-electron chi connectivity index (χ2n) is 5.94. The summed E-state index contributed by atoms with van der Waals surface area (Å²) >= 11 is 0. The molecule has 0 aliphatic carbocycles. The molecule has 0 saturated carbocycles. The number of amides is 1. The topological polar surface area (TPSA) is 45.2 Å². The quantitative estimate of drug-likeness (QED) is 0.563. The molecule has 2 rings (SSSR count). The van der Waals surface area contributed by atoms with Gasteiger partial charge in [0.05, 0.1) is 0 Å². The second kappa shape index (κ2) is 10.4. The Kier molecular flexibility index (Phi) is 7.79. The molecule has 0 bridgehead atoms. The van der Waals surface area contributed by atoms with E-state index in [1.54, 1.807) is 18.2 Å². The summed E-state index contributed by atoms with van der Waals surface area (Å²) in [5.74, 6) is -0.418. The molecule has 4 nitrogen and oxygen atoms in total. The number of hydrogen-bond donors (Lipinski definition) is 1. The largest absolute Gasteiger partial charge is 0.353 e. The van der Waals surface area contributed by atoms with Crippen LogP contribution in [0.3, 0.4) is 0 Å². The van der Waals surface area contributed by atoms with Crippen LogP contribution in [0.5, 0.6) is 0 Å². The van der Waals surface area contributed by atoms with Gasteiger partial charge in [-0.3, -0.25) is 9.78 Å². The zero-order valence-electron chi connectivity index (χ0n) is 14.5. The van der Waals surface area contributed by atoms with E-state index in [4.69, 9.17) is 0 Å². The van der Waals surface area contributed by atoms with E-state index in [0.717, 1.165) is 31.5 Å². The molecule has 1 amide bonds. The number of nitrogens with one attached hydrogen (secondary N) is 1. The fourth-order valence-corrected chi connectivity index (χ4v) is 2.35. The van der Waals surface area contributed by atoms with Crippen LogP contribution >= 0.6 is 0 Å². The van der Waals surface area contributed by atoms with Gasteiger partial charge in [-0.15, -0.1) is 0 Å². The fraction of sp³-hybridized carbons (Fsp3) is 0.300. The van der Waals surface area contributed by atoms with Crippen LogP contribution in [0.2, 0.25) is 0 Å².